The SMILES string of the molecule is CCc1ccc(CC(O)c2cn(C)cn2)nc1. The molecule has 1 atom stereocenters. The molecule has 0 aliphatic carbocycles. The van der Waals surface area contributed by atoms with Crippen molar-refractivity contribution in [1.29, 1.82) is 0 Å². The molecule has 4 nitrogen and oxygen atoms in total. The summed E-state index contributed by atoms with van der Waals surface area (Å²) in [6, 6.07) is 4.01. The third-order valence-electron chi connectivity index (χ3n) is 2.76. The number of imidazole rings is 1. The molecule has 2 rings (SSSR count). The van der Waals surface area contributed by atoms with E-state index in [9.17, 15) is 5.11 Å². The summed E-state index contributed by atoms with van der Waals surface area (Å²) in [5, 5.41) is 10.00. The highest BCUT2D eigenvalue weighted by Gasteiger charge is 2.11. The summed E-state index contributed by atoms with van der Waals surface area (Å²) in [7, 11) is 1.89. The molecule has 2 aromatic rings. The van der Waals surface area contributed by atoms with E-state index in [1.807, 2.05) is 36.1 Å². The number of pyridine rings is 1. The number of aryl methyl sites for hydroxylation is 2. The number of hydrogen-bond donors (Lipinski definition) is 1. The second-order valence-electron chi connectivity index (χ2n) is 4.20. The highest BCUT2D eigenvalue weighted by molar-refractivity contribution is 5.15. The predicted octanol–water partition coefficient (Wildman–Crippen LogP) is 1.65. The van der Waals surface area contributed by atoms with E-state index in [1.54, 1.807) is 6.33 Å². The van der Waals surface area contributed by atoms with Crippen molar-refractivity contribution in [1.82, 2.24) is 14.5 Å². The van der Waals surface area contributed by atoms with Gasteiger partial charge in [-0.25, -0.2) is 4.98 Å². The molecule has 1 unspecified atom stereocenters. The van der Waals surface area contributed by atoms with Gasteiger partial charge in [0, 0.05) is 31.6 Å². The van der Waals surface area contributed by atoms with Crippen LogP contribution in [-0.2, 0) is 19.9 Å². The lowest BCUT2D eigenvalue weighted by Crippen LogP contribution is -2.04. The van der Waals surface area contributed by atoms with E-state index in [1.165, 1.54) is 5.56 Å². The Hall–Kier alpha value is -1.68. The van der Waals surface area contributed by atoms with Crippen LogP contribution in [-0.4, -0.2) is 19.6 Å². The lowest BCUT2D eigenvalue weighted by Gasteiger charge is -2.07. The lowest BCUT2D eigenvalue weighted by molar-refractivity contribution is 0.173. The molecule has 0 radical (unpaired) electrons. The Balaban J connectivity index is 2.04. The first-order valence-electron chi connectivity index (χ1n) is 5.78. The van der Waals surface area contributed by atoms with E-state index in [-0.39, 0.29) is 0 Å². The molecule has 0 aliphatic rings. The second kappa shape index (κ2) is 5.10. The number of aliphatic hydroxyl groups excluding tert-OH is 1. The Morgan fingerprint density at radius 3 is 2.71 bits per heavy atom. The summed E-state index contributed by atoms with van der Waals surface area (Å²) in [6.07, 6.45) is 6.27. The van der Waals surface area contributed by atoms with Crippen LogP contribution in [0.1, 0.15) is 30.0 Å². The van der Waals surface area contributed by atoms with Crippen LogP contribution in [0.5, 0.6) is 0 Å². The van der Waals surface area contributed by atoms with Crippen molar-refractivity contribution in [2.45, 2.75) is 25.9 Å². The van der Waals surface area contributed by atoms with Crippen LogP contribution in [0.15, 0.2) is 30.9 Å². The van der Waals surface area contributed by atoms with Gasteiger partial charge in [0.1, 0.15) is 6.10 Å². The van der Waals surface area contributed by atoms with Crippen molar-refractivity contribution in [3.8, 4) is 0 Å². The van der Waals surface area contributed by atoms with Crippen LogP contribution in [0, 0.1) is 0 Å². The van der Waals surface area contributed by atoms with Crippen molar-refractivity contribution in [3.63, 3.8) is 0 Å². The van der Waals surface area contributed by atoms with E-state index < -0.39 is 6.10 Å². The molecule has 0 spiro atoms. The zero-order chi connectivity index (χ0) is 12.3. The van der Waals surface area contributed by atoms with Gasteiger partial charge in [-0.2, -0.15) is 0 Å². The van der Waals surface area contributed by atoms with E-state index in [4.69, 9.17) is 0 Å². The Morgan fingerprint density at radius 1 is 1.35 bits per heavy atom. The van der Waals surface area contributed by atoms with Crippen LogP contribution in [0.25, 0.3) is 0 Å². The number of aromatic nitrogens is 3. The standard InChI is InChI=1S/C13H17N3O/c1-3-10-4-5-11(14-7-10)6-13(17)12-8-16(2)9-15-12/h4-5,7-9,13,17H,3,6H2,1-2H3. The first-order valence-corrected chi connectivity index (χ1v) is 5.78. The summed E-state index contributed by atoms with van der Waals surface area (Å²) in [5.41, 5.74) is 2.79. The molecule has 0 fully saturated rings. The van der Waals surface area contributed by atoms with Crippen molar-refractivity contribution < 1.29 is 5.11 Å². The Bertz CT molecular complexity index is 476. The van der Waals surface area contributed by atoms with Gasteiger partial charge in [-0.3, -0.25) is 4.98 Å². The number of hydrogen-bond acceptors (Lipinski definition) is 3. The van der Waals surface area contributed by atoms with Crippen molar-refractivity contribution >= 4 is 0 Å². The fourth-order valence-electron chi connectivity index (χ4n) is 1.69. The molecule has 90 valence electrons. The van der Waals surface area contributed by atoms with E-state index >= 15 is 0 Å². The topological polar surface area (TPSA) is 50.9 Å². The number of nitrogens with zero attached hydrogens (tertiary/aromatic N) is 3. The molecule has 4 heteroatoms. The van der Waals surface area contributed by atoms with Crippen LogP contribution in [0.3, 0.4) is 0 Å². The van der Waals surface area contributed by atoms with E-state index in [0.29, 0.717) is 12.1 Å². The fourth-order valence-corrected chi connectivity index (χ4v) is 1.69. The highest BCUT2D eigenvalue weighted by Crippen LogP contribution is 2.15. The molecule has 0 aromatic carbocycles. The van der Waals surface area contributed by atoms with Gasteiger partial charge in [0.05, 0.1) is 12.0 Å². The minimum Gasteiger partial charge on any atom is -0.386 e. The highest BCUT2D eigenvalue weighted by atomic mass is 16.3. The van der Waals surface area contributed by atoms with Gasteiger partial charge in [-0.1, -0.05) is 13.0 Å². The molecule has 0 saturated heterocycles. The maximum Gasteiger partial charge on any atom is 0.103 e. The number of rotatable bonds is 4. The molecule has 0 saturated carbocycles. The minimum absolute atomic E-state index is 0.501. The first-order chi connectivity index (χ1) is 8.19. The average molecular weight is 231 g/mol. The van der Waals surface area contributed by atoms with Gasteiger partial charge in [0.2, 0.25) is 0 Å². The number of aliphatic hydroxyl groups is 1. The molecular weight excluding hydrogens is 214 g/mol. The van der Waals surface area contributed by atoms with Gasteiger partial charge in [0.15, 0.2) is 0 Å². The first kappa shape index (κ1) is 11.8. The van der Waals surface area contributed by atoms with Crippen LogP contribution in [0.4, 0.5) is 0 Å². The molecule has 17 heavy (non-hydrogen) atoms. The van der Waals surface area contributed by atoms with Crippen LogP contribution < -0.4 is 0 Å². The van der Waals surface area contributed by atoms with Crippen LogP contribution >= 0.6 is 0 Å². The van der Waals surface area contributed by atoms with Crippen molar-refractivity contribution in [2.24, 2.45) is 7.05 Å². The van der Waals surface area contributed by atoms with Gasteiger partial charge >= 0.3 is 0 Å². The van der Waals surface area contributed by atoms with Crippen molar-refractivity contribution in [3.05, 3.63) is 47.8 Å². The summed E-state index contributed by atoms with van der Waals surface area (Å²) < 4.78 is 1.83. The smallest absolute Gasteiger partial charge is 0.103 e. The summed E-state index contributed by atoms with van der Waals surface area (Å²) >= 11 is 0. The lowest BCUT2D eigenvalue weighted by atomic mass is 10.1. The maximum atomic E-state index is 10.00. The van der Waals surface area contributed by atoms with E-state index in [0.717, 1.165) is 12.1 Å². The average Bonchev–Trinajstić information content (AvgIpc) is 2.77. The molecule has 0 bridgehead atoms. The molecule has 1 N–H and O–H groups in total. The third-order valence-corrected chi connectivity index (χ3v) is 2.76. The van der Waals surface area contributed by atoms with Gasteiger partial charge in [-0.15, -0.1) is 0 Å². The quantitative estimate of drug-likeness (QED) is 0.870. The van der Waals surface area contributed by atoms with Gasteiger partial charge < -0.3 is 9.67 Å². The summed E-state index contributed by atoms with van der Waals surface area (Å²) in [6.45, 7) is 2.10. The molecule has 0 aliphatic heterocycles. The molecular formula is C13H17N3O. The van der Waals surface area contributed by atoms with Crippen molar-refractivity contribution in [2.75, 3.05) is 0 Å². The molecule has 2 heterocycles. The largest absolute Gasteiger partial charge is 0.386 e. The predicted molar refractivity (Wildman–Crippen MR) is 65.5 cm³/mol. The summed E-state index contributed by atoms with van der Waals surface area (Å²) in [4.78, 5) is 8.46. The zero-order valence-electron chi connectivity index (χ0n) is 10.2. The normalized spacial score (nSPS) is 12.6. The minimum atomic E-state index is -0.587. The van der Waals surface area contributed by atoms with Gasteiger partial charge in [-0.05, 0) is 18.1 Å². The Kier molecular flexibility index (Phi) is 3.54. The fraction of sp³-hybridized carbons (Fsp3) is 0.385. The second-order valence-corrected chi connectivity index (χ2v) is 4.20. The van der Waals surface area contributed by atoms with Gasteiger partial charge in [0.25, 0.3) is 0 Å². The molecule has 2 aromatic heterocycles. The van der Waals surface area contributed by atoms with E-state index in [2.05, 4.69) is 16.9 Å². The Morgan fingerprint density at radius 2 is 2.18 bits per heavy atom. The third kappa shape index (κ3) is 2.91. The zero-order valence-corrected chi connectivity index (χ0v) is 10.2. The molecule has 0 amide bonds. The Labute approximate surface area is 101 Å². The summed E-state index contributed by atoms with van der Waals surface area (Å²) in [5.74, 6) is 0. The maximum absolute atomic E-state index is 10.00. The monoisotopic (exact) mass is 231 g/mol. The van der Waals surface area contributed by atoms with Crippen LogP contribution in [0.2, 0.25) is 0 Å².